The first-order valence-corrected chi connectivity index (χ1v) is 3.63. The quantitative estimate of drug-likeness (QED) is 0.666. The number of nitrogens with one attached hydrogen (secondary N) is 1. The van der Waals surface area contributed by atoms with Gasteiger partial charge in [0.1, 0.15) is 5.54 Å². The molecule has 3 nitrogen and oxygen atoms in total. The van der Waals surface area contributed by atoms with Crippen molar-refractivity contribution in [3.63, 3.8) is 0 Å². The number of carboxylic acids is 1. The van der Waals surface area contributed by atoms with Gasteiger partial charge in [-0.05, 0) is 19.9 Å². The summed E-state index contributed by atoms with van der Waals surface area (Å²) in [5.74, 6) is -0.701. The van der Waals surface area contributed by atoms with Gasteiger partial charge in [0, 0.05) is 0 Å². The lowest BCUT2D eigenvalue weighted by atomic mass is 9.99. The molecule has 0 saturated heterocycles. The van der Waals surface area contributed by atoms with E-state index in [0.29, 0.717) is 0 Å². The average Bonchev–Trinajstić information content (AvgIpc) is 2.35. The van der Waals surface area contributed by atoms with E-state index < -0.39 is 11.5 Å². The molecule has 1 rings (SSSR count). The summed E-state index contributed by atoms with van der Waals surface area (Å²) >= 11 is 0. The Labute approximate surface area is 72.6 Å². The first-order valence-electron chi connectivity index (χ1n) is 3.63. The van der Waals surface area contributed by atoms with Crippen molar-refractivity contribution in [2.75, 3.05) is 7.05 Å². The van der Waals surface area contributed by atoms with Crippen molar-refractivity contribution in [3.05, 3.63) is 0 Å². The molecule has 0 bridgehead atoms. The van der Waals surface area contributed by atoms with Crippen molar-refractivity contribution < 1.29 is 9.90 Å². The minimum Gasteiger partial charge on any atom is -0.480 e. The number of rotatable bonds is 2. The number of aliphatic carboxylic acids is 1. The van der Waals surface area contributed by atoms with Gasteiger partial charge in [-0.25, -0.2) is 0 Å². The summed E-state index contributed by atoms with van der Waals surface area (Å²) in [6.45, 7) is 0. The summed E-state index contributed by atoms with van der Waals surface area (Å²) in [6, 6.07) is 0. The number of hydrogen-bond donors (Lipinski definition) is 2. The van der Waals surface area contributed by atoms with E-state index in [1.807, 2.05) is 0 Å². The van der Waals surface area contributed by atoms with E-state index in [1.54, 1.807) is 7.05 Å². The van der Waals surface area contributed by atoms with Gasteiger partial charge in [-0.3, -0.25) is 4.79 Å². The van der Waals surface area contributed by atoms with Crippen molar-refractivity contribution in [1.29, 1.82) is 0 Å². The number of carboxylic acid groups (broad SMARTS) is 1. The molecule has 0 unspecified atom stereocenters. The Kier molecular flexibility index (Phi) is 3.83. The van der Waals surface area contributed by atoms with Crippen LogP contribution in [0.5, 0.6) is 0 Å². The van der Waals surface area contributed by atoms with E-state index in [-0.39, 0.29) is 12.4 Å². The molecule has 0 aromatic rings. The van der Waals surface area contributed by atoms with Crippen LogP contribution in [0.2, 0.25) is 0 Å². The maximum Gasteiger partial charge on any atom is 0.323 e. The Morgan fingerprint density at radius 2 is 1.91 bits per heavy atom. The third-order valence-corrected chi connectivity index (χ3v) is 2.35. The predicted molar refractivity (Wildman–Crippen MR) is 45.1 cm³/mol. The second-order valence-electron chi connectivity index (χ2n) is 2.84. The molecule has 0 aromatic carbocycles. The number of halogens is 1. The fourth-order valence-electron chi connectivity index (χ4n) is 1.55. The number of carbonyl (C=O) groups is 1. The van der Waals surface area contributed by atoms with E-state index in [1.165, 1.54) is 0 Å². The second kappa shape index (κ2) is 3.93. The lowest BCUT2D eigenvalue weighted by Crippen LogP contribution is -2.47. The Hall–Kier alpha value is -0.280. The number of likely N-dealkylation sites (N-methyl/N-ethyl adjacent to an activating group) is 1. The summed E-state index contributed by atoms with van der Waals surface area (Å²) in [4.78, 5) is 10.7. The fourth-order valence-corrected chi connectivity index (χ4v) is 1.55. The maximum absolute atomic E-state index is 10.7. The molecule has 0 aromatic heterocycles. The summed E-state index contributed by atoms with van der Waals surface area (Å²) in [5, 5.41) is 11.7. The predicted octanol–water partition coefficient (Wildman–Crippen LogP) is 1.02. The molecule has 0 spiro atoms. The van der Waals surface area contributed by atoms with Gasteiger partial charge in [-0.2, -0.15) is 0 Å². The van der Waals surface area contributed by atoms with Gasteiger partial charge in [-0.15, -0.1) is 12.4 Å². The fraction of sp³-hybridized carbons (Fsp3) is 0.857. The molecule has 0 amide bonds. The van der Waals surface area contributed by atoms with Gasteiger partial charge >= 0.3 is 5.97 Å². The van der Waals surface area contributed by atoms with Gasteiger partial charge in [0.2, 0.25) is 0 Å². The monoisotopic (exact) mass is 179 g/mol. The van der Waals surface area contributed by atoms with E-state index in [9.17, 15) is 4.79 Å². The van der Waals surface area contributed by atoms with Crippen molar-refractivity contribution in [2.24, 2.45) is 0 Å². The van der Waals surface area contributed by atoms with Crippen LogP contribution in [0.25, 0.3) is 0 Å². The Morgan fingerprint density at radius 3 is 2.09 bits per heavy atom. The smallest absolute Gasteiger partial charge is 0.323 e. The standard InChI is InChI=1S/C7H13NO2.ClH/c1-8-7(6(9)10)4-2-3-5-7;/h8H,2-5H2,1H3,(H,9,10);1H. The largest absolute Gasteiger partial charge is 0.480 e. The number of hydrogen-bond acceptors (Lipinski definition) is 2. The van der Waals surface area contributed by atoms with E-state index >= 15 is 0 Å². The topological polar surface area (TPSA) is 49.3 Å². The van der Waals surface area contributed by atoms with Crippen LogP contribution in [0.3, 0.4) is 0 Å². The first-order chi connectivity index (χ1) is 4.71. The van der Waals surface area contributed by atoms with Gasteiger partial charge in [0.25, 0.3) is 0 Å². The molecular weight excluding hydrogens is 166 g/mol. The van der Waals surface area contributed by atoms with Crippen LogP contribution < -0.4 is 5.32 Å². The minimum absolute atomic E-state index is 0. The second-order valence-corrected chi connectivity index (χ2v) is 2.84. The summed E-state index contributed by atoms with van der Waals surface area (Å²) in [7, 11) is 1.72. The van der Waals surface area contributed by atoms with Crippen LogP contribution in [-0.2, 0) is 4.79 Å². The van der Waals surface area contributed by atoms with Crippen molar-refractivity contribution in [3.8, 4) is 0 Å². The Balaban J connectivity index is 0.000001000. The van der Waals surface area contributed by atoms with Crippen LogP contribution in [0.15, 0.2) is 0 Å². The van der Waals surface area contributed by atoms with Gasteiger partial charge in [0.15, 0.2) is 0 Å². The van der Waals surface area contributed by atoms with E-state index in [2.05, 4.69) is 5.32 Å². The lowest BCUT2D eigenvalue weighted by Gasteiger charge is -2.22. The molecule has 1 aliphatic carbocycles. The molecule has 1 saturated carbocycles. The molecule has 0 radical (unpaired) electrons. The first kappa shape index (κ1) is 10.7. The highest BCUT2D eigenvalue weighted by molar-refractivity contribution is 5.85. The molecule has 2 N–H and O–H groups in total. The summed E-state index contributed by atoms with van der Waals surface area (Å²) < 4.78 is 0. The van der Waals surface area contributed by atoms with Crippen LogP contribution in [0.1, 0.15) is 25.7 Å². The Bertz CT molecular complexity index is 143. The van der Waals surface area contributed by atoms with Crippen LogP contribution >= 0.6 is 12.4 Å². The molecule has 4 heteroatoms. The third kappa shape index (κ3) is 1.84. The Morgan fingerprint density at radius 1 is 1.45 bits per heavy atom. The molecule has 0 heterocycles. The molecule has 1 aliphatic rings. The average molecular weight is 180 g/mol. The van der Waals surface area contributed by atoms with Crippen LogP contribution in [0.4, 0.5) is 0 Å². The van der Waals surface area contributed by atoms with Crippen LogP contribution in [-0.4, -0.2) is 23.7 Å². The van der Waals surface area contributed by atoms with E-state index in [0.717, 1.165) is 25.7 Å². The van der Waals surface area contributed by atoms with Crippen LogP contribution in [0, 0.1) is 0 Å². The van der Waals surface area contributed by atoms with Gasteiger partial charge in [-0.1, -0.05) is 12.8 Å². The third-order valence-electron chi connectivity index (χ3n) is 2.35. The van der Waals surface area contributed by atoms with Crippen molar-refractivity contribution in [1.82, 2.24) is 5.32 Å². The van der Waals surface area contributed by atoms with Gasteiger partial charge in [0.05, 0.1) is 0 Å². The summed E-state index contributed by atoms with van der Waals surface area (Å²) in [6.07, 6.45) is 3.62. The normalized spacial score (nSPS) is 20.8. The highest BCUT2D eigenvalue weighted by Gasteiger charge is 2.39. The van der Waals surface area contributed by atoms with E-state index in [4.69, 9.17) is 5.11 Å². The zero-order valence-electron chi connectivity index (χ0n) is 6.59. The SMILES string of the molecule is CNC1(C(=O)O)CCCC1.Cl. The highest BCUT2D eigenvalue weighted by atomic mass is 35.5. The maximum atomic E-state index is 10.7. The molecule has 0 aliphatic heterocycles. The lowest BCUT2D eigenvalue weighted by molar-refractivity contribution is -0.144. The summed E-state index contributed by atoms with van der Waals surface area (Å²) in [5.41, 5.74) is -0.597. The zero-order valence-corrected chi connectivity index (χ0v) is 7.41. The molecule has 0 atom stereocenters. The molecule has 66 valence electrons. The molecule has 11 heavy (non-hydrogen) atoms. The molecule has 1 fully saturated rings. The van der Waals surface area contributed by atoms with Gasteiger partial charge < -0.3 is 10.4 Å². The minimum atomic E-state index is -0.701. The molecular formula is C7H14ClNO2. The highest BCUT2D eigenvalue weighted by Crippen LogP contribution is 2.29. The van der Waals surface area contributed by atoms with Crippen molar-refractivity contribution >= 4 is 18.4 Å². The zero-order chi connectivity index (χ0) is 7.61. The van der Waals surface area contributed by atoms with Crippen molar-refractivity contribution in [2.45, 2.75) is 31.2 Å².